The van der Waals surface area contributed by atoms with E-state index in [1.54, 1.807) is 0 Å². The summed E-state index contributed by atoms with van der Waals surface area (Å²) in [5, 5.41) is 0. The van der Waals surface area contributed by atoms with Crippen LogP contribution in [-0.2, 0) is 10.8 Å². The van der Waals surface area contributed by atoms with Crippen LogP contribution >= 0.6 is 0 Å². The summed E-state index contributed by atoms with van der Waals surface area (Å²) >= 11 is 0. The molecule has 182 valence electrons. The molecule has 0 bridgehead atoms. The van der Waals surface area contributed by atoms with Crippen LogP contribution in [0.2, 0.25) is 0 Å². The van der Waals surface area contributed by atoms with Crippen molar-refractivity contribution in [2.75, 3.05) is 0 Å². The van der Waals surface area contributed by atoms with Crippen LogP contribution in [0.3, 0.4) is 0 Å². The third-order valence-corrected chi connectivity index (χ3v) is 5.97. The molecule has 3 aromatic rings. The maximum Gasteiger partial charge on any atom is 0.0852 e. The predicted octanol–water partition coefficient (Wildman–Crippen LogP) is 8.90. The molecule has 35 heavy (non-hydrogen) atoms. The minimum absolute atomic E-state index is 0.00259. The minimum Gasteiger partial charge on any atom is -0.251 e. The van der Waals surface area contributed by atoms with Gasteiger partial charge in [0.15, 0.2) is 0 Å². The summed E-state index contributed by atoms with van der Waals surface area (Å²) in [6, 6.07) is 22.8. The SMILES string of the molecule is C=CCCC(=Nc1ccccc1C(C)(C)C)c1cccc(C(C)=Nc2ccccc2C(C)(C)C)n1. The first-order valence-electron chi connectivity index (χ1n) is 12.4. The van der Waals surface area contributed by atoms with Crippen LogP contribution in [0.25, 0.3) is 0 Å². The number of rotatable bonds is 7. The maximum atomic E-state index is 5.13. The summed E-state index contributed by atoms with van der Waals surface area (Å²) in [6.45, 7) is 19.3. The van der Waals surface area contributed by atoms with Crippen LogP contribution in [0, 0.1) is 0 Å². The molecule has 0 fully saturated rings. The van der Waals surface area contributed by atoms with Crippen LogP contribution in [0.15, 0.2) is 89.4 Å². The number of aromatic nitrogens is 1. The minimum atomic E-state index is 0.00259. The molecule has 1 heterocycles. The molecule has 1 aromatic heterocycles. The standard InChI is InChI=1S/C32H39N3/c1-9-10-18-29(35-28-20-14-12-17-25(28)32(6,7)8)30-22-15-21-26(34-30)23(2)33-27-19-13-11-16-24(27)31(3,4)5/h9,11-17,19-22H,1,10,18H2,2-8H3. The normalized spacial score (nSPS) is 13.1. The van der Waals surface area contributed by atoms with Crippen molar-refractivity contribution >= 4 is 22.8 Å². The van der Waals surface area contributed by atoms with Gasteiger partial charge in [-0.3, -0.25) is 9.98 Å². The fourth-order valence-corrected chi connectivity index (χ4v) is 4.07. The lowest BCUT2D eigenvalue weighted by Crippen LogP contribution is -2.12. The lowest BCUT2D eigenvalue weighted by Gasteiger charge is -2.21. The van der Waals surface area contributed by atoms with E-state index >= 15 is 0 Å². The van der Waals surface area contributed by atoms with E-state index in [-0.39, 0.29) is 10.8 Å². The van der Waals surface area contributed by atoms with Crippen molar-refractivity contribution in [3.05, 3.63) is 102 Å². The molecule has 0 unspecified atom stereocenters. The highest BCUT2D eigenvalue weighted by Gasteiger charge is 2.19. The molecule has 2 aromatic carbocycles. The summed E-state index contributed by atoms with van der Waals surface area (Å²) in [6.07, 6.45) is 3.56. The topological polar surface area (TPSA) is 37.6 Å². The van der Waals surface area contributed by atoms with E-state index in [2.05, 4.69) is 84.5 Å². The Morgan fingerprint density at radius 1 is 0.743 bits per heavy atom. The Balaban J connectivity index is 2.06. The monoisotopic (exact) mass is 465 g/mol. The highest BCUT2D eigenvalue weighted by molar-refractivity contribution is 6.03. The average Bonchev–Trinajstić information content (AvgIpc) is 2.81. The molecule has 0 saturated carbocycles. The molecule has 0 N–H and O–H groups in total. The Bertz CT molecular complexity index is 1230. The largest absolute Gasteiger partial charge is 0.251 e. The lowest BCUT2D eigenvalue weighted by atomic mass is 9.86. The number of benzene rings is 2. The van der Waals surface area contributed by atoms with Gasteiger partial charge in [-0.05, 0) is 66.0 Å². The molecule has 0 spiro atoms. The van der Waals surface area contributed by atoms with Gasteiger partial charge < -0.3 is 0 Å². The van der Waals surface area contributed by atoms with Crippen LogP contribution < -0.4 is 0 Å². The second-order valence-electron chi connectivity index (χ2n) is 11.0. The van der Waals surface area contributed by atoms with Gasteiger partial charge >= 0.3 is 0 Å². The number of nitrogens with zero attached hydrogens (tertiary/aromatic N) is 3. The third kappa shape index (κ3) is 6.85. The van der Waals surface area contributed by atoms with Crippen LogP contribution in [0.4, 0.5) is 11.4 Å². The Kier molecular flexibility index (Phi) is 8.22. The molecular weight excluding hydrogens is 426 g/mol. The molecule has 0 aliphatic rings. The molecule has 3 nitrogen and oxygen atoms in total. The zero-order valence-corrected chi connectivity index (χ0v) is 22.4. The van der Waals surface area contributed by atoms with Gasteiger partial charge in [-0.15, -0.1) is 6.58 Å². The summed E-state index contributed by atoms with van der Waals surface area (Å²) in [5.74, 6) is 0. The van der Waals surface area contributed by atoms with Gasteiger partial charge in [0.2, 0.25) is 0 Å². The molecule has 0 aliphatic heterocycles. The highest BCUT2D eigenvalue weighted by Crippen LogP contribution is 2.33. The van der Waals surface area contributed by atoms with E-state index < -0.39 is 0 Å². The van der Waals surface area contributed by atoms with Gasteiger partial charge in [-0.1, -0.05) is 90.1 Å². The van der Waals surface area contributed by atoms with Crippen molar-refractivity contribution in [3.63, 3.8) is 0 Å². The Labute approximate surface area is 211 Å². The smallest absolute Gasteiger partial charge is 0.0852 e. The second kappa shape index (κ2) is 10.9. The van der Waals surface area contributed by atoms with E-state index in [0.29, 0.717) is 0 Å². The number of para-hydroxylation sites is 2. The molecule has 3 heteroatoms. The van der Waals surface area contributed by atoms with Gasteiger partial charge in [0.1, 0.15) is 0 Å². The number of allylic oxidation sites excluding steroid dienone is 1. The van der Waals surface area contributed by atoms with Gasteiger partial charge in [0, 0.05) is 0 Å². The zero-order chi connectivity index (χ0) is 25.6. The fourth-order valence-electron chi connectivity index (χ4n) is 4.07. The predicted molar refractivity (Wildman–Crippen MR) is 152 cm³/mol. The molecule has 0 atom stereocenters. The first kappa shape index (κ1) is 26.3. The van der Waals surface area contributed by atoms with Crippen molar-refractivity contribution in [1.29, 1.82) is 0 Å². The molecule has 0 amide bonds. The summed E-state index contributed by atoms with van der Waals surface area (Å²) in [5.41, 5.74) is 8.05. The van der Waals surface area contributed by atoms with E-state index in [4.69, 9.17) is 15.0 Å². The van der Waals surface area contributed by atoms with Gasteiger partial charge in [-0.25, -0.2) is 4.98 Å². The van der Waals surface area contributed by atoms with Crippen molar-refractivity contribution in [2.45, 2.75) is 72.1 Å². The van der Waals surface area contributed by atoms with E-state index in [1.165, 1.54) is 11.1 Å². The molecule has 0 saturated heterocycles. The summed E-state index contributed by atoms with van der Waals surface area (Å²) < 4.78 is 0. The number of aliphatic imine (C=N–C) groups is 2. The third-order valence-electron chi connectivity index (χ3n) is 5.97. The van der Waals surface area contributed by atoms with Crippen molar-refractivity contribution < 1.29 is 0 Å². The zero-order valence-electron chi connectivity index (χ0n) is 22.4. The number of hydrogen-bond donors (Lipinski definition) is 0. The molecular formula is C32H39N3. The molecule has 0 radical (unpaired) electrons. The molecule has 3 rings (SSSR count). The van der Waals surface area contributed by atoms with E-state index in [1.807, 2.05) is 43.3 Å². The van der Waals surface area contributed by atoms with Crippen LogP contribution in [0.5, 0.6) is 0 Å². The van der Waals surface area contributed by atoms with Crippen LogP contribution in [-0.4, -0.2) is 16.4 Å². The quantitative estimate of drug-likeness (QED) is 0.253. The Hall–Kier alpha value is -3.33. The van der Waals surface area contributed by atoms with Crippen LogP contribution in [0.1, 0.15) is 83.8 Å². The van der Waals surface area contributed by atoms with E-state index in [0.717, 1.165) is 47.0 Å². The average molecular weight is 466 g/mol. The summed E-state index contributed by atoms with van der Waals surface area (Å²) in [7, 11) is 0. The maximum absolute atomic E-state index is 5.13. The van der Waals surface area contributed by atoms with Gasteiger partial charge in [0.25, 0.3) is 0 Å². The second-order valence-corrected chi connectivity index (χ2v) is 11.0. The van der Waals surface area contributed by atoms with Gasteiger partial charge in [0.05, 0.1) is 34.2 Å². The Morgan fingerprint density at radius 2 is 1.26 bits per heavy atom. The molecule has 0 aliphatic carbocycles. The lowest BCUT2D eigenvalue weighted by molar-refractivity contribution is 0.591. The first-order chi connectivity index (χ1) is 16.5. The summed E-state index contributed by atoms with van der Waals surface area (Å²) in [4.78, 5) is 15.1. The fraction of sp³-hybridized carbons (Fsp3) is 0.344. The highest BCUT2D eigenvalue weighted by atomic mass is 14.8. The number of hydrogen-bond acceptors (Lipinski definition) is 3. The Morgan fingerprint density at radius 3 is 1.80 bits per heavy atom. The van der Waals surface area contributed by atoms with Crippen molar-refractivity contribution in [2.24, 2.45) is 9.98 Å². The van der Waals surface area contributed by atoms with Gasteiger partial charge in [-0.2, -0.15) is 0 Å². The van der Waals surface area contributed by atoms with Crippen molar-refractivity contribution in [3.8, 4) is 0 Å². The first-order valence-corrected chi connectivity index (χ1v) is 12.4. The van der Waals surface area contributed by atoms with E-state index in [9.17, 15) is 0 Å². The van der Waals surface area contributed by atoms with Crippen molar-refractivity contribution in [1.82, 2.24) is 4.98 Å². The number of pyridine rings is 1.